The van der Waals surface area contributed by atoms with E-state index in [2.05, 4.69) is 27.9 Å². The minimum atomic E-state index is -4.58. The van der Waals surface area contributed by atoms with Gasteiger partial charge in [0.05, 0.1) is 5.56 Å². The number of alkyl halides is 3. The van der Waals surface area contributed by atoms with Crippen molar-refractivity contribution < 1.29 is 27.9 Å². The number of aliphatic carboxylic acids is 1. The second-order valence-electron chi connectivity index (χ2n) is 5.28. The fourth-order valence-electron chi connectivity index (χ4n) is 2.18. The SMILES string of the molecule is O=C(N[C@H](Cc1cccc(I)c1)C(=O)O)c1cccc(C(F)(F)F)c1. The molecular formula is C17H13F3INO3. The zero-order chi connectivity index (χ0) is 18.6. The van der Waals surface area contributed by atoms with Crippen LogP contribution in [-0.2, 0) is 17.4 Å². The largest absolute Gasteiger partial charge is 0.480 e. The average Bonchev–Trinajstić information content (AvgIpc) is 2.53. The molecule has 2 N–H and O–H groups in total. The van der Waals surface area contributed by atoms with Crippen molar-refractivity contribution in [2.24, 2.45) is 0 Å². The summed E-state index contributed by atoms with van der Waals surface area (Å²) in [5, 5.41) is 11.6. The van der Waals surface area contributed by atoms with Crippen molar-refractivity contribution in [3.63, 3.8) is 0 Å². The molecule has 0 saturated carbocycles. The van der Waals surface area contributed by atoms with Crippen molar-refractivity contribution in [2.75, 3.05) is 0 Å². The van der Waals surface area contributed by atoms with Crippen LogP contribution in [0.4, 0.5) is 13.2 Å². The quantitative estimate of drug-likeness (QED) is 0.665. The molecule has 1 amide bonds. The summed E-state index contributed by atoms with van der Waals surface area (Å²) < 4.78 is 39.1. The van der Waals surface area contributed by atoms with Gasteiger partial charge in [0.15, 0.2) is 0 Å². The lowest BCUT2D eigenvalue weighted by Crippen LogP contribution is -2.42. The Labute approximate surface area is 155 Å². The molecule has 0 aliphatic heterocycles. The second kappa shape index (κ2) is 7.85. The molecule has 0 aliphatic rings. The zero-order valence-corrected chi connectivity index (χ0v) is 14.8. The van der Waals surface area contributed by atoms with Gasteiger partial charge < -0.3 is 10.4 Å². The normalized spacial score (nSPS) is 12.5. The van der Waals surface area contributed by atoms with Crippen LogP contribution in [0.15, 0.2) is 48.5 Å². The van der Waals surface area contributed by atoms with Crippen molar-refractivity contribution in [1.82, 2.24) is 5.32 Å². The lowest BCUT2D eigenvalue weighted by atomic mass is 10.0. The van der Waals surface area contributed by atoms with E-state index in [1.807, 2.05) is 6.07 Å². The number of hydrogen-bond donors (Lipinski definition) is 2. The Morgan fingerprint density at radius 2 is 1.80 bits per heavy atom. The molecular weight excluding hydrogens is 450 g/mol. The van der Waals surface area contributed by atoms with Gasteiger partial charge >= 0.3 is 12.1 Å². The summed E-state index contributed by atoms with van der Waals surface area (Å²) >= 11 is 2.07. The van der Waals surface area contributed by atoms with E-state index in [-0.39, 0.29) is 12.0 Å². The van der Waals surface area contributed by atoms with Gasteiger partial charge in [-0.15, -0.1) is 0 Å². The molecule has 0 radical (unpaired) electrons. The third-order valence-corrected chi connectivity index (χ3v) is 4.06. The second-order valence-corrected chi connectivity index (χ2v) is 6.52. The number of amides is 1. The van der Waals surface area contributed by atoms with Crippen molar-refractivity contribution in [1.29, 1.82) is 0 Å². The highest BCUT2D eigenvalue weighted by molar-refractivity contribution is 14.1. The van der Waals surface area contributed by atoms with Crippen molar-refractivity contribution in [3.8, 4) is 0 Å². The Bertz CT molecular complexity index is 793. The van der Waals surface area contributed by atoms with Gasteiger partial charge in [-0.2, -0.15) is 13.2 Å². The molecule has 2 aromatic rings. The summed E-state index contributed by atoms with van der Waals surface area (Å²) in [6.07, 6.45) is -4.56. The van der Waals surface area contributed by atoms with Gasteiger partial charge in [-0.1, -0.05) is 18.2 Å². The molecule has 0 bridgehead atoms. The van der Waals surface area contributed by atoms with Gasteiger partial charge in [0.1, 0.15) is 6.04 Å². The van der Waals surface area contributed by atoms with Crippen molar-refractivity contribution >= 4 is 34.5 Å². The first-order valence-corrected chi connectivity index (χ1v) is 8.20. The van der Waals surface area contributed by atoms with Gasteiger partial charge in [-0.05, 0) is 58.5 Å². The molecule has 2 aromatic carbocycles. The predicted octanol–water partition coefficient (Wildman–Crippen LogP) is 3.74. The van der Waals surface area contributed by atoms with Gasteiger partial charge in [0.25, 0.3) is 5.91 Å². The molecule has 25 heavy (non-hydrogen) atoms. The van der Waals surface area contributed by atoms with Crippen LogP contribution in [0.25, 0.3) is 0 Å². The number of benzene rings is 2. The summed E-state index contributed by atoms with van der Waals surface area (Å²) in [4.78, 5) is 23.5. The monoisotopic (exact) mass is 463 g/mol. The van der Waals surface area contributed by atoms with Crippen LogP contribution in [0.5, 0.6) is 0 Å². The number of halogens is 4. The predicted molar refractivity (Wildman–Crippen MR) is 93.2 cm³/mol. The minimum Gasteiger partial charge on any atom is -0.480 e. The van der Waals surface area contributed by atoms with Gasteiger partial charge in [0, 0.05) is 15.6 Å². The van der Waals surface area contributed by atoms with Crippen LogP contribution >= 0.6 is 22.6 Å². The summed E-state index contributed by atoms with van der Waals surface area (Å²) in [5.74, 6) is -2.14. The smallest absolute Gasteiger partial charge is 0.416 e. The molecule has 8 heteroatoms. The maximum absolute atomic E-state index is 12.7. The fourth-order valence-corrected chi connectivity index (χ4v) is 2.79. The van der Waals surface area contributed by atoms with E-state index in [1.165, 1.54) is 6.07 Å². The molecule has 132 valence electrons. The highest BCUT2D eigenvalue weighted by Gasteiger charge is 2.31. The molecule has 0 aromatic heterocycles. The number of hydrogen-bond acceptors (Lipinski definition) is 2. The number of carbonyl (C=O) groups is 2. The van der Waals surface area contributed by atoms with Crippen LogP contribution < -0.4 is 5.32 Å². The van der Waals surface area contributed by atoms with Crippen LogP contribution in [0.2, 0.25) is 0 Å². The Morgan fingerprint density at radius 1 is 1.12 bits per heavy atom. The Morgan fingerprint density at radius 3 is 2.40 bits per heavy atom. The van der Waals surface area contributed by atoms with E-state index >= 15 is 0 Å². The van der Waals surface area contributed by atoms with Crippen LogP contribution in [-0.4, -0.2) is 23.0 Å². The number of carbonyl (C=O) groups excluding carboxylic acids is 1. The molecule has 0 heterocycles. The first-order chi connectivity index (χ1) is 11.7. The number of carboxylic acids is 1. The van der Waals surface area contributed by atoms with Crippen LogP contribution in [0, 0.1) is 3.57 Å². The Kier molecular flexibility index (Phi) is 6.04. The number of nitrogens with one attached hydrogen (secondary N) is 1. The van der Waals surface area contributed by atoms with Crippen molar-refractivity contribution in [2.45, 2.75) is 18.6 Å². The van der Waals surface area contributed by atoms with E-state index in [9.17, 15) is 27.9 Å². The molecule has 0 saturated heterocycles. The standard InChI is InChI=1S/C17H13F3INO3/c18-17(19,20)12-5-2-4-11(9-12)15(23)22-14(16(24)25)8-10-3-1-6-13(21)7-10/h1-7,9,14H,8H2,(H,22,23)(H,24,25)/t14-/m1/s1. The fraction of sp³-hybridized carbons (Fsp3) is 0.176. The lowest BCUT2D eigenvalue weighted by molar-refractivity contribution is -0.139. The molecule has 0 aliphatic carbocycles. The third kappa shape index (κ3) is 5.45. The number of rotatable bonds is 5. The van der Waals surface area contributed by atoms with E-state index in [1.54, 1.807) is 18.2 Å². The minimum absolute atomic E-state index is 0.0247. The van der Waals surface area contributed by atoms with Crippen molar-refractivity contribution in [3.05, 3.63) is 68.8 Å². The summed E-state index contributed by atoms with van der Waals surface area (Å²) in [6, 6.07) is 9.67. The highest BCUT2D eigenvalue weighted by Crippen LogP contribution is 2.29. The molecule has 1 atom stereocenters. The molecule has 0 spiro atoms. The van der Waals surface area contributed by atoms with Gasteiger partial charge in [-0.3, -0.25) is 4.79 Å². The summed E-state index contributed by atoms with van der Waals surface area (Å²) in [6.45, 7) is 0. The topological polar surface area (TPSA) is 66.4 Å². The first-order valence-electron chi connectivity index (χ1n) is 7.12. The first kappa shape index (κ1) is 19.2. The average molecular weight is 463 g/mol. The van der Waals surface area contributed by atoms with E-state index in [0.29, 0.717) is 11.6 Å². The summed E-state index contributed by atoms with van der Waals surface area (Å²) in [5.41, 5.74) is -0.517. The van der Waals surface area contributed by atoms with E-state index in [0.717, 1.165) is 15.7 Å². The molecule has 4 nitrogen and oxygen atoms in total. The molecule has 0 fully saturated rings. The van der Waals surface area contributed by atoms with E-state index in [4.69, 9.17) is 0 Å². The zero-order valence-electron chi connectivity index (χ0n) is 12.7. The summed E-state index contributed by atoms with van der Waals surface area (Å²) in [7, 11) is 0. The third-order valence-electron chi connectivity index (χ3n) is 3.38. The van der Waals surface area contributed by atoms with Crippen LogP contribution in [0.3, 0.4) is 0 Å². The highest BCUT2D eigenvalue weighted by atomic mass is 127. The Hall–Kier alpha value is -2.10. The molecule has 0 unspecified atom stereocenters. The van der Waals surface area contributed by atoms with Crippen LogP contribution in [0.1, 0.15) is 21.5 Å². The maximum Gasteiger partial charge on any atom is 0.416 e. The molecule has 2 rings (SSSR count). The lowest BCUT2D eigenvalue weighted by Gasteiger charge is -2.15. The Balaban J connectivity index is 2.17. The van der Waals surface area contributed by atoms with E-state index < -0.39 is 29.7 Å². The van der Waals surface area contributed by atoms with Gasteiger partial charge in [-0.25, -0.2) is 4.79 Å². The van der Waals surface area contributed by atoms with Gasteiger partial charge in [0.2, 0.25) is 0 Å². The maximum atomic E-state index is 12.7. The number of carboxylic acid groups (broad SMARTS) is 1.